The van der Waals surface area contributed by atoms with Crippen LogP contribution < -0.4 is 5.32 Å². The molecule has 0 spiro atoms. The molecule has 1 aliphatic rings. The first-order chi connectivity index (χ1) is 7.11. The molecule has 1 saturated carbocycles. The molecule has 0 bridgehead atoms. The van der Waals surface area contributed by atoms with Crippen LogP contribution in [0.15, 0.2) is 0 Å². The molecule has 0 heterocycles. The first kappa shape index (κ1) is 12.8. The number of carbonyl (C=O) groups is 1. The van der Waals surface area contributed by atoms with Crippen LogP contribution in [0, 0.1) is 5.92 Å². The third-order valence-corrected chi connectivity index (χ3v) is 2.80. The molecule has 0 aromatic carbocycles. The van der Waals surface area contributed by atoms with E-state index in [2.05, 4.69) is 5.32 Å². The zero-order valence-electron chi connectivity index (χ0n) is 9.46. The van der Waals surface area contributed by atoms with Crippen molar-refractivity contribution in [3.8, 4) is 0 Å². The van der Waals surface area contributed by atoms with Crippen LogP contribution in [0.3, 0.4) is 0 Å². The summed E-state index contributed by atoms with van der Waals surface area (Å²) >= 11 is 5.74. The molecule has 1 aliphatic carbocycles. The van der Waals surface area contributed by atoms with Crippen LogP contribution in [0.5, 0.6) is 0 Å². The van der Waals surface area contributed by atoms with Gasteiger partial charge in [-0.1, -0.05) is 0 Å². The average molecular weight is 234 g/mol. The van der Waals surface area contributed by atoms with E-state index in [1.807, 2.05) is 13.8 Å². The number of amides is 1. The number of carbonyl (C=O) groups excluding carboxylic acids is 1. The number of hydrogen-bond acceptors (Lipinski definition) is 2. The average Bonchev–Trinajstić information content (AvgIpc) is 2.11. The van der Waals surface area contributed by atoms with Gasteiger partial charge >= 0.3 is 0 Å². The lowest BCUT2D eigenvalue weighted by Crippen LogP contribution is -2.36. The lowest BCUT2D eigenvalue weighted by atomic mass is 9.80. The summed E-state index contributed by atoms with van der Waals surface area (Å²) in [7, 11) is 0. The predicted molar refractivity (Wildman–Crippen MR) is 61.1 cm³/mol. The molecule has 1 rings (SSSR count). The Morgan fingerprint density at radius 3 is 2.80 bits per heavy atom. The van der Waals surface area contributed by atoms with Crippen LogP contribution in [-0.4, -0.2) is 30.5 Å². The summed E-state index contributed by atoms with van der Waals surface area (Å²) in [5, 5.41) is 2.82. The topological polar surface area (TPSA) is 38.3 Å². The molecule has 0 radical (unpaired) electrons. The third kappa shape index (κ3) is 4.85. The minimum atomic E-state index is 0.00603. The Balaban J connectivity index is 2.03. The van der Waals surface area contributed by atoms with E-state index in [-0.39, 0.29) is 11.3 Å². The first-order valence-electron chi connectivity index (χ1n) is 5.64. The van der Waals surface area contributed by atoms with Crippen LogP contribution in [0.1, 0.15) is 33.1 Å². The molecule has 0 aromatic heterocycles. The van der Waals surface area contributed by atoms with Crippen molar-refractivity contribution < 1.29 is 9.53 Å². The quantitative estimate of drug-likeness (QED) is 0.712. The van der Waals surface area contributed by atoms with Gasteiger partial charge in [-0.05, 0) is 32.6 Å². The summed E-state index contributed by atoms with van der Waals surface area (Å²) in [4.78, 5) is 11.4. The molecular formula is C11H20ClNO2. The second kappa shape index (κ2) is 6.33. The number of rotatable bonds is 6. The van der Waals surface area contributed by atoms with Crippen molar-refractivity contribution in [3.63, 3.8) is 0 Å². The molecule has 1 amide bonds. The molecule has 3 nitrogen and oxygen atoms in total. The van der Waals surface area contributed by atoms with E-state index in [4.69, 9.17) is 16.3 Å². The molecular weight excluding hydrogens is 214 g/mol. The van der Waals surface area contributed by atoms with Crippen LogP contribution in [0.2, 0.25) is 0 Å². The van der Waals surface area contributed by atoms with Gasteiger partial charge in [0.25, 0.3) is 0 Å². The van der Waals surface area contributed by atoms with Crippen LogP contribution >= 0.6 is 11.6 Å². The zero-order valence-corrected chi connectivity index (χ0v) is 10.2. The number of nitrogens with one attached hydrogen (secondary N) is 1. The monoisotopic (exact) mass is 233 g/mol. The molecule has 1 N–H and O–H groups in total. The van der Waals surface area contributed by atoms with E-state index in [1.165, 1.54) is 0 Å². The number of hydrogen-bond donors (Lipinski definition) is 1. The van der Waals surface area contributed by atoms with E-state index in [0.29, 0.717) is 25.0 Å². The van der Waals surface area contributed by atoms with E-state index in [9.17, 15) is 4.79 Å². The minimum Gasteiger partial charge on any atom is -0.378 e. The van der Waals surface area contributed by atoms with E-state index in [1.54, 1.807) is 0 Å². The van der Waals surface area contributed by atoms with Crippen molar-refractivity contribution in [1.82, 2.24) is 5.32 Å². The molecule has 1 fully saturated rings. The smallest absolute Gasteiger partial charge is 0.220 e. The summed E-state index contributed by atoms with van der Waals surface area (Å²) in [6, 6.07) is 0. The van der Waals surface area contributed by atoms with Gasteiger partial charge in [-0.25, -0.2) is 0 Å². The van der Waals surface area contributed by atoms with Gasteiger partial charge in [-0.15, -0.1) is 11.6 Å². The molecule has 15 heavy (non-hydrogen) atoms. The van der Waals surface area contributed by atoms with E-state index >= 15 is 0 Å². The standard InChI is InChI=1S/C11H20ClNO2/c1-3-15-10-4-9(5-10)6-11(14)13-7-8(2)12/h8-10H,3-7H2,1-2H3,(H,13,14). The van der Waals surface area contributed by atoms with Crippen LogP contribution in [-0.2, 0) is 9.53 Å². The molecule has 88 valence electrons. The zero-order chi connectivity index (χ0) is 11.3. The van der Waals surface area contributed by atoms with Crippen molar-refractivity contribution in [3.05, 3.63) is 0 Å². The maximum atomic E-state index is 11.4. The lowest BCUT2D eigenvalue weighted by Gasteiger charge is -2.34. The van der Waals surface area contributed by atoms with Gasteiger partial charge in [0.05, 0.1) is 6.10 Å². The van der Waals surface area contributed by atoms with Crippen molar-refractivity contribution in [2.45, 2.75) is 44.6 Å². The van der Waals surface area contributed by atoms with Gasteiger partial charge in [-0.3, -0.25) is 4.79 Å². The normalized spacial score (nSPS) is 26.9. The summed E-state index contributed by atoms with van der Waals surface area (Å²) in [6.07, 6.45) is 3.06. The largest absolute Gasteiger partial charge is 0.378 e. The lowest BCUT2D eigenvalue weighted by molar-refractivity contribution is -0.124. The fourth-order valence-corrected chi connectivity index (χ4v) is 1.88. The van der Waals surface area contributed by atoms with Crippen molar-refractivity contribution in [1.29, 1.82) is 0 Å². The highest BCUT2D eigenvalue weighted by molar-refractivity contribution is 6.20. The third-order valence-electron chi connectivity index (χ3n) is 2.65. The predicted octanol–water partition coefficient (Wildman–Crippen LogP) is 1.94. The number of alkyl halides is 1. The Morgan fingerprint density at radius 1 is 1.60 bits per heavy atom. The molecule has 0 aliphatic heterocycles. The Kier molecular flexibility index (Phi) is 5.40. The Hall–Kier alpha value is -0.280. The molecule has 0 saturated heterocycles. The maximum absolute atomic E-state index is 11.4. The SMILES string of the molecule is CCOC1CC(CC(=O)NCC(C)Cl)C1. The van der Waals surface area contributed by atoms with Gasteiger partial charge in [0.15, 0.2) is 0 Å². The van der Waals surface area contributed by atoms with Crippen molar-refractivity contribution in [2.75, 3.05) is 13.2 Å². The highest BCUT2D eigenvalue weighted by Crippen LogP contribution is 2.32. The van der Waals surface area contributed by atoms with Gasteiger partial charge in [-0.2, -0.15) is 0 Å². The van der Waals surface area contributed by atoms with Crippen molar-refractivity contribution in [2.24, 2.45) is 5.92 Å². The fraction of sp³-hybridized carbons (Fsp3) is 0.909. The Morgan fingerprint density at radius 2 is 2.27 bits per heavy atom. The molecule has 1 atom stereocenters. The fourth-order valence-electron chi connectivity index (χ4n) is 1.80. The van der Waals surface area contributed by atoms with Crippen LogP contribution in [0.4, 0.5) is 0 Å². The highest BCUT2D eigenvalue weighted by Gasteiger charge is 2.30. The maximum Gasteiger partial charge on any atom is 0.220 e. The second-order valence-electron chi connectivity index (χ2n) is 4.20. The van der Waals surface area contributed by atoms with Gasteiger partial charge < -0.3 is 10.1 Å². The highest BCUT2D eigenvalue weighted by atomic mass is 35.5. The Bertz CT molecular complexity index is 203. The number of halogens is 1. The minimum absolute atomic E-state index is 0.00603. The summed E-state index contributed by atoms with van der Waals surface area (Å²) < 4.78 is 5.43. The van der Waals surface area contributed by atoms with Crippen LogP contribution in [0.25, 0.3) is 0 Å². The summed E-state index contributed by atoms with van der Waals surface area (Å²) in [5.41, 5.74) is 0. The first-order valence-corrected chi connectivity index (χ1v) is 6.07. The van der Waals surface area contributed by atoms with Crippen molar-refractivity contribution >= 4 is 17.5 Å². The summed E-state index contributed by atoms with van der Waals surface area (Å²) in [6.45, 7) is 5.20. The van der Waals surface area contributed by atoms with Gasteiger partial charge in [0.2, 0.25) is 5.91 Å². The van der Waals surface area contributed by atoms with E-state index < -0.39 is 0 Å². The Labute approximate surface area is 96.5 Å². The molecule has 4 heteroatoms. The van der Waals surface area contributed by atoms with Gasteiger partial charge in [0, 0.05) is 24.9 Å². The van der Waals surface area contributed by atoms with E-state index in [0.717, 1.165) is 19.4 Å². The summed E-state index contributed by atoms with van der Waals surface area (Å²) in [5.74, 6) is 0.620. The molecule has 1 unspecified atom stereocenters. The second-order valence-corrected chi connectivity index (χ2v) is 4.95. The van der Waals surface area contributed by atoms with Gasteiger partial charge in [0.1, 0.15) is 0 Å². The number of ether oxygens (including phenoxy) is 1. The molecule has 0 aromatic rings.